The highest BCUT2D eigenvalue weighted by molar-refractivity contribution is 5.99. The Hall–Kier alpha value is -3.95. The Morgan fingerprint density at radius 3 is 1.63 bits per heavy atom. The van der Waals surface area contributed by atoms with Crippen LogP contribution in [0.5, 0.6) is 23.0 Å². The molecule has 0 atom stereocenters. The Balaban J connectivity index is 0.000000376. The first-order chi connectivity index (χ1) is 16.4. The Morgan fingerprint density at radius 2 is 1.17 bits per heavy atom. The van der Waals surface area contributed by atoms with Crippen molar-refractivity contribution in [1.82, 2.24) is 0 Å². The van der Waals surface area contributed by atoms with E-state index in [9.17, 15) is 15.0 Å². The van der Waals surface area contributed by atoms with Gasteiger partial charge in [-0.15, -0.1) is 0 Å². The van der Waals surface area contributed by atoms with E-state index in [2.05, 4.69) is 0 Å². The summed E-state index contributed by atoms with van der Waals surface area (Å²) >= 11 is 0. The fraction of sp³-hybridized carbons (Fsp3) is 0.269. The predicted molar refractivity (Wildman–Crippen MR) is 132 cm³/mol. The minimum absolute atomic E-state index is 0.00568. The van der Waals surface area contributed by atoms with Crippen molar-refractivity contribution < 1.29 is 34.7 Å². The van der Waals surface area contributed by atoms with E-state index in [1.807, 2.05) is 0 Å². The number of nitrogens with two attached hydrogens (primary N) is 2. The Morgan fingerprint density at radius 1 is 0.743 bits per heavy atom. The molecule has 0 unspecified atom stereocenters. The number of phenolic OH excluding ortho intramolecular Hbond substituents is 2. The van der Waals surface area contributed by atoms with Crippen LogP contribution < -0.4 is 16.2 Å². The number of phenols is 2. The molecule has 186 valence electrons. The Bertz CT molecular complexity index is 1190. The van der Waals surface area contributed by atoms with Gasteiger partial charge in [-0.3, -0.25) is 0 Å². The van der Waals surface area contributed by atoms with Gasteiger partial charge in [0.2, 0.25) is 0 Å². The summed E-state index contributed by atoms with van der Waals surface area (Å²) < 4.78 is 11.8. The van der Waals surface area contributed by atoms with Gasteiger partial charge in [-0.2, -0.15) is 0 Å². The van der Waals surface area contributed by atoms with Crippen LogP contribution in [0.1, 0.15) is 54.7 Å². The van der Waals surface area contributed by atoms with Crippen molar-refractivity contribution in [3.05, 3.63) is 70.8 Å². The molecule has 3 aromatic carbocycles. The summed E-state index contributed by atoms with van der Waals surface area (Å²) in [6, 6.07) is 12.2. The monoisotopic (exact) mass is 482 g/mol. The van der Waals surface area contributed by atoms with Crippen molar-refractivity contribution in [3.8, 4) is 23.0 Å². The third kappa shape index (κ3) is 4.96. The highest BCUT2D eigenvalue weighted by Crippen LogP contribution is 2.57. The molecule has 3 aromatic rings. The van der Waals surface area contributed by atoms with E-state index in [1.165, 1.54) is 30.3 Å². The second-order valence-electron chi connectivity index (χ2n) is 8.75. The number of hydrogen-bond acceptors (Lipinski definition) is 9. The number of benzene rings is 3. The van der Waals surface area contributed by atoms with Crippen molar-refractivity contribution in [2.24, 2.45) is 0 Å². The van der Waals surface area contributed by atoms with Crippen molar-refractivity contribution in [2.75, 3.05) is 11.5 Å². The lowest BCUT2D eigenvalue weighted by atomic mass is 9.77. The lowest BCUT2D eigenvalue weighted by molar-refractivity contribution is 0.0224. The Labute approximate surface area is 203 Å². The van der Waals surface area contributed by atoms with E-state index in [0.29, 0.717) is 39.4 Å². The van der Waals surface area contributed by atoms with Crippen LogP contribution in [0.3, 0.4) is 0 Å². The van der Waals surface area contributed by atoms with Crippen LogP contribution >= 0.6 is 0 Å². The molecule has 1 spiro atoms. The molecular formula is C26H30N2O7. The first-order valence-electron chi connectivity index (χ1n) is 11.0. The summed E-state index contributed by atoms with van der Waals surface area (Å²) in [6.45, 7) is 6.89. The summed E-state index contributed by atoms with van der Waals surface area (Å²) in [7, 11) is 0. The molecule has 2 heterocycles. The van der Waals surface area contributed by atoms with Crippen molar-refractivity contribution in [3.63, 3.8) is 0 Å². The highest BCUT2D eigenvalue weighted by Gasteiger charge is 2.54. The maximum absolute atomic E-state index is 12.7. The molecule has 0 aromatic heterocycles. The summed E-state index contributed by atoms with van der Waals surface area (Å²) in [5.74, 6) is 0.0627. The molecule has 0 aliphatic carbocycles. The lowest BCUT2D eigenvalue weighted by Crippen LogP contribution is -2.33. The van der Waals surface area contributed by atoms with E-state index in [0.717, 1.165) is 0 Å². The van der Waals surface area contributed by atoms with E-state index in [1.54, 1.807) is 45.9 Å². The van der Waals surface area contributed by atoms with Gasteiger partial charge in [0.05, 0.1) is 16.9 Å². The normalized spacial score (nSPS) is 14.0. The predicted octanol–water partition coefficient (Wildman–Crippen LogP) is 3.60. The SMILES string of the molecule is CC(C)O.CC(C)O.Nc1cc2c(cc1N)C1(OC2=O)c2ccc(O)cc2Oc2cc(O)ccc21. The summed E-state index contributed by atoms with van der Waals surface area (Å²) in [5.41, 5.74) is 13.1. The van der Waals surface area contributed by atoms with Gasteiger partial charge in [0.15, 0.2) is 5.60 Å². The van der Waals surface area contributed by atoms with Crippen LogP contribution in [0, 0.1) is 0 Å². The largest absolute Gasteiger partial charge is 0.508 e. The smallest absolute Gasteiger partial charge is 0.340 e. The van der Waals surface area contributed by atoms with Crippen LogP contribution in [0.15, 0.2) is 48.5 Å². The maximum Gasteiger partial charge on any atom is 0.340 e. The van der Waals surface area contributed by atoms with Crippen LogP contribution in [-0.4, -0.2) is 38.6 Å². The number of fused-ring (bicyclic) bond motifs is 6. The van der Waals surface area contributed by atoms with Gasteiger partial charge < -0.3 is 41.4 Å². The molecule has 9 heteroatoms. The lowest BCUT2D eigenvalue weighted by Gasteiger charge is -2.36. The van der Waals surface area contributed by atoms with Gasteiger partial charge in [-0.25, -0.2) is 4.79 Å². The molecule has 0 saturated carbocycles. The fourth-order valence-electron chi connectivity index (χ4n) is 3.78. The Kier molecular flexibility index (Phi) is 7.14. The summed E-state index contributed by atoms with van der Waals surface area (Å²) in [4.78, 5) is 12.7. The molecule has 2 aliphatic heterocycles. The number of aliphatic hydroxyl groups excluding tert-OH is 2. The molecule has 0 bridgehead atoms. The number of carbonyl (C=O) groups is 1. The van der Waals surface area contributed by atoms with Crippen LogP contribution in [0.25, 0.3) is 0 Å². The van der Waals surface area contributed by atoms with E-state index in [-0.39, 0.29) is 29.4 Å². The van der Waals surface area contributed by atoms with Gasteiger partial charge in [0.1, 0.15) is 23.0 Å². The van der Waals surface area contributed by atoms with Crippen LogP contribution in [0.4, 0.5) is 11.4 Å². The molecular weight excluding hydrogens is 452 g/mol. The maximum atomic E-state index is 12.7. The number of esters is 1. The number of anilines is 2. The zero-order chi connectivity index (χ0) is 26.1. The number of nitrogen functional groups attached to an aromatic ring is 2. The minimum atomic E-state index is -1.32. The zero-order valence-electron chi connectivity index (χ0n) is 19.9. The molecule has 0 fully saturated rings. The van der Waals surface area contributed by atoms with Crippen molar-refractivity contribution in [2.45, 2.75) is 45.5 Å². The summed E-state index contributed by atoms with van der Waals surface area (Å²) in [5, 5.41) is 35.9. The molecule has 2 aliphatic rings. The van der Waals surface area contributed by atoms with E-state index < -0.39 is 11.6 Å². The first-order valence-corrected chi connectivity index (χ1v) is 11.0. The number of rotatable bonds is 0. The van der Waals surface area contributed by atoms with Crippen LogP contribution in [0.2, 0.25) is 0 Å². The highest BCUT2D eigenvalue weighted by atomic mass is 16.6. The molecule has 0 amide bonds. The van der Waals surface area contributed by atoms with Gasteiger partial charge in [0.25, 0.3) is 0 Å². The third-order valence-corrected chi connectivity index (χ3v) is 4.98. The number of aliphatic hydroxyl groups is 2. The van der Waals surface area contributed by atoms with E-state index >= 15 is 0 Å². The van der Waals surface area contributed by atoms with E-state index in [4.69, 9.17) is 31.2 Å². The average Bonchev–Trinajstić information content (AvgIpc) is 2.99. The van der Waals surface area contributed by atoms with Crippen molar-refractivity contribution in [1.29, 1.82) is 0 Å². The molecule has 9 nitrogen and oxygen atoms in total. The third-order valence-electron chi connectivity index (χ3n) is 4.98. The number of carbonyl (C=O) groups excluding carboxylic acids is 1. The van der Waals surface area contributed by atoms with Gasteiger partial charge in [0, 0.05) is 41.0 Å². The molecule has 35 heavy (non-hydrogen) atoms. The van der Waals surface area contributed by atoms with Crippen molar-refractivity contribution >= 4 is 17.3 Å². The van der Waals surface area contributed by atoms with Gasteiger partial charge in [-0.05, 0) is 64.1 Å². The fourth-order valence-corrected chi connectivity index (χ4v) is 3.78. The minimum Gasteiger partial charge on any atom is -0.508 e. The second kappa shape index (κ2) is 9.73. The second-order valence-corrected chi connectivity index (χ2v) is 8.75. The molecule has 8 N–H and O–H groups in total. The summed E-state index contributed by atoms with van der Waals surface area (Å²) in [6.07, 6.45) is -0.333. The molecule has 5 rings (SSSR count). The van der Waals surface area contributed by atoms with Gasteiger partial charge >= 0.3 is 5.97 Å². The van der Waals surface area contributed by atoms with Crippen LogP contribution in [-0.2, 0) is 10.3 Å². The molecule has 0 saturated heterocycles. The number of aromatic hydroxyl groups is 2. The molecule has 0 radical (unpaired) electrons. The first kappa shape index (κ1) is 25.7. The number of hydrogen-bond donors (Lipinski definition) is 6. The average molecular weight is 483 g/mol. The van der Waals surface area contributed by atoms with Gasteiger partial charge in [-0.1, -0.05) is 0 Å². The number of ether oxygens (including phenoxy) is 2. The standard InChI is InChI=1S/C20H14N2O5.2C3H8O/c21-15-7-11-14(8-16(15)22)20(27-19(11)25)12-3-1-9(23)5-17(12)26-18-6-10(24)2-4-13(18)20;2*1-3(2)4/h1-8,23-24H,21-22H2;2*3-4H,1-2H3. The quantitative estimate of drug-likeness (QED) is 0.207. The topological polar surface area (TPSA) is 168 Å². The zero-order valence-corrected chi connectivity index (χ0v) is 19.9.